The van der Waals surface area contributed by atoms with E-state index in [0.717, 1.165) is 22.9 Å². The maximum atomic E-state index is 12.1. The van der Waals surface area contributed by atoms with E-state index in [9.17, 15) is 9.90 Å². The van der Waals surface area contributed by atoms with Gasteiger partial charge in [0.2, 0.25) is 5.88 Å². The third-order valence-electron chi connectivity index (χ3n) is 3.80. The summed E-state index contributed by atoms with van der Waals surface area (Å²) in [6, 6.07) is 12.4. The van der Waals surface area contributed by atoms with Crippen molar-refractivity contribution >= 4 is 22.5 Å². The second-order valence-corrected chi connectivity index (χ2v) is 5.29. The molecule has 1 heterocycles. The first-order valence-corrected chi connectivity index (χ1v) is 7.56. The molecule has 0 saturated heterocycles. The number of amides is 1. The van der Waals surface area contributed by atoms with Crippen LogP contribution in [0.2, 0.25) is 0 Å². The van der Waals surface area contributed by atoms with Crippen molar-refractivity contribution in [2.45, 2.75) is 13.3 Å². The van der Waals surface area contributed by atoms with E-state index >= 15 is 0 Å². The molecular weight excluding hydrogens is 306 g/mol. The highest BCUT2D eigenvalue weighted by Crippen LogP contribution is 2.36. The maximum absolute atomic E-state index is 12.1. The van der Waals surface area contributed by atoms with Crippen molar-refractivity contribution in [3.63, 3.8) is 0 Å². The SMILES string of the molecule is CCc1ccc2[nH]c(O)c(N=NC(=O)c3ccc(OC)cc3)c2c1. The fourth-order valence-electron chi connectivity index (χ4n) is 2.42. The number of rotatable bonds is 4. The Kier molecular flexibility index (Phi) is 4.29. The van der Waals surface area contributed by atoms with Crippen molar-refractivity contribution in [1.29, 1.82) is 0 Å². The fraction of sp³-hybridized carbons (Fsp3) is 0.167. The summed E-state index contributed by atoms with van der Waals surface area (Å²) in [6.45, 7) is 2.04. The molecule has 3 rings (SSSR count). The highest BCUT2D eigenvalue weighted by atomic mass is 16.5. The molecule has 0 saturated carbocycles. The molecule has 0 atom stereocenters. The lowest BCUT2D eigenvalue weighted by Gasteiger charge is -1.99. The largest absolute Gasteiger partial charge is 0.497 e. The number of benzene rings is 2. The van der Waals surface area contributed by atoms with E-state index in [4.69, 9.17) is 4.74 Å². The molecule has 0 spiro atoms. The van der Waals surface area contributed by atoms with Gasteiger partial charge in [0, 0.05) is 10.9 Å². The summed E-state index contributed by atoms with van der Waals surface area (Å²) >= 11 is 0. The summed E-state index contributed by atoms with van der Waals surface area (Å²) in [4.78, 5) is 14.9. The van der Waals surface area contributed by atoms with Crippen LogP contribution in [0.25, 0.3) is 10.9 Å². The fourth-order valence-corrected chi connectivity index (χ4v) is 2.42. The number of aryl methyl sites for hydroxylation is 1. The number of nitrogens with one attached hydrogen (secondary N) is 1. The predicted molar refractivity (Wildman–Crippen MR) is 91.2 cm³/mol. The lowest BCUT2D eigenvalue weighted by molar-refractivity contribution is 0.0995. The first-order valence-electron chi connectivity index (χ1n) is 7.56. The van der Waals surface area contributed by atoms with Crippen molar-refractivity contribution in [2.75, 3.05) is 7.11 Å². The number of aromatic hydroxyl groups is 1. The molecule has 122 valence electrons. The number of methoxy groups -OCH3 is 1. The Labute approximate surface area is 138 Å². The number of fused-ring (bicyclic) bond motifs is 1. The van der Waals surface area contributed by atoms with E-state index < -0.39 is 5.91 Å². The molecule has 6 heteroatoms. The zero-order chi connectivity index (χ0) is 17.1. The normalized spacial score (nSPS) is 11.2. The average molecular weight is 323 g/mol. The van der Waals surface area contributed by atoms with Crippen LogP contribution >= 0.6 is 0 Å². The van der Waals surface area contributed by atoms with Crippen molar-refractivity contribution < 1.29 is 14.6 Å². The Hall–Kier alpha value is -3.15. The highest BCUT2D eigenvalue weighted by molar-refractivity contribution is 5.97. The number of ether oxygens (including phenoxy) is 1. The summed E-state index contributed by atoms with van der Waals surface area (Å²) in [5.41, 5.74) is 2.52. The van der Waals surface area contributed by atoms with Crippen LogP contribution in [-0.4, -0.2) is 23.1 Å². The molecule has 0 bridgehead atoms. The van der Waals surface area contributed by atoms with E-state index in [0.29, 0.717) is 11.3 Å². The third kappa shape index (κ3) is 2.99. The van der Waals surface area contributed by atoms with Crippen LogP contribution in [0.3, 0.4) is 0 Å². The highest BCUT2D eigenvalue weighted by Gasteiger charge is 2.12. The van der Waals surface area contributed by atoms with Gasteiger partial charge in [0.1, 0.15) is 5.75 Å². The van der Waals surface area contributed by atoms with Crippen LogP contribution in [0, 0.1) is 0 Å². The summed E-state index contributed by atoms with van der Waals surface area (Å²) in [7, 11) is 1.56. The zero-order valence-electron chi connectivity index (χ0n) is 13.4. The number of carbonyl (C=O) groups excluding carboxylic acids is 1. The molecule has 0 aliphatic carbocycles. The van der Waals surface area contributed by atoms with Crippen LogP contribution in [0.15, 0.2) is 52.7 Å². The third-order valence-corrected chi connectivity index (χ3v) is 3.80. The molecule has 3 aromatic rings. The van der Waals surface area contributed by atoms with Crippen LogP contribution in [0.4, 0.5) is 5.69 Å². The second-order valence-electron chi connectivity index (χ2n) is 5.29. The van der Waals surface area contributed by atoms with Gasteiger partial charge in [-0.1, -0.05) is 13.0 Å². The molecule has 1 amide bonds. The van der Waals surface area contributed by atoms with Crippen molar-refractivity contribution in [1.82, 2.24) is 4.98 Å². The number of H-pyrrole nitrogens is 1. The van der Waals surface area contributed by atoms with Gasteiger partial charge < -0.3 is 14.8 Å². The van der Waals surface area contributed by atoms with Gasteiger partial charge in [-0.25, -0.2) is 0 Å². The van der Waals surface area contributed by atoms with E-state index in [1.807, 2.05) is 25.1 Å². The standard InChI is InChI=1S/C18H17N3O3/c1-3-11-4-9-15-14(10-11)16(18(23)19-15)20-21-17(22)12-5-7-13(24-2)8-6-12/h4-10,19,23H,3H2,1-2H3. The molecule has 2 N–H and O–H groups in total. The quantitative estimate of drug-likeness (QED) is 0.699. The van der Waals surface area contributed by atoms with E-state index in [2.05, 4.69) is 15.2 Å². The Morgan fingerprint density at radius 1 is 1.21 bits per heavy atom. The molecule has 0 aliphatic rings. The number of azo groups is 1. The lowest BCUT2D eigenvalue weighted by Crippen LogP contribution is -1.93. The second kappa shape index (κ2) is 6.54. The Bertz CT molecular complexity index is 911. The molecular formula is C18H17N3O3. The Morgan fingerprint density at radius 3 is 2.62 bits per heavy atom. The van der Waals surface area contributed by atoms with Crippen molar-refractivity contribution in [3.05, 3.63) is 53.6 Å². The molecule has 0 fully saturated rings. The predicted octanol–water partition coefficient (Wildman–Crippen LogP) is 4.37. The monoisotopic (exact) mass is 323 g/mol. The molecule has 1 aromatic heterocycles. The first-order chi connectivity index (χ1) is 11.6. The van der Waals surface area contributed by atoms with Gasteiger partial charge in [-0.15, -0.1) is 10.2 Å². The summed E-state index contributed by atoms with van der Waals surface area (Å²) in [5.74, 6) is 0.0624. The van der Waals surface area contributed by atoms with Gasteiger partial charge in [0.25, 0.3) is 5.91 Å². The van der Waals surface area contributed by atoms with Crippen molar-refractivity contribution in [3.8, 4) is 11.6 Å². The smallest absolute Gasteiger partial charge is 0.295 e. The van der Waals surface area contributed by atoms with Gasteiger partial charge in [0.05, 0.1) is 12.6 Å². The molecule has 6 nitrogen and oxygen atoms in total. The van der Waals surface area contributed by atoms with E-state index in [1.165, 1.54) is 0 Å². The number of aromatic nitrogens is 1. The Balaban J connectivity index is 1.91. The average Bonchev–Trinajstić information content (AvgIpc) is 2.94. The maximum Gasteiger partial charge on any atom is 0.295 e. The minimum Gasteiger partial charge on any atom is -0.497 e. The van der Waals surface area contributed by atoms with E-state index in [1.54, 1.807) is 31.4 Å². The number of aromatic amines is 1. The number of hydrogen-bond donors (Lipinski definition) is 2. The van der Waals surface area contributed by atoms with Gasteiger partial charge in [-0.3, -0.25) is 4.79 Å². The van der Waals surface area contributed by atoms with Gasteiger partial charge in [-0.2, -0.15) is 0 Å². The van der Waals surface area contributed by atoms with Crippen LogP contribution in [0.1, 0.15) is 22.8 Å². The van der Waals surface area contributed by atoms with Crippen LogP contribution < -0.4 is 4.74 Å². The number of carbonyl (C=O) groups is 1. The first kappa shape index (κ1) is 15.7. The van der Waals surface area contributed by atoms with Gasteiger partial charge in [0.15, 0.2) is 5.69 Å². The summed E-state index contributed by atoms with van der Waals surface area (Å²) in [6.07, 6.45) is 0.864. The van der Waals surface area contributed by atoms with Crippen LogP contribution in [-0.2, 0) is 6.42 Å². The minimum atomic E-state index is -0.488. The molecule has 0 radical (unpaired) electrons. The zero-order valence-corrected chi connectivity index (χ0v) is 13.4. The molecule has 0 unspecified atom stereocenters. The topological polar surface area (TPSA) is 87.0 Å². The summed E-state index contributed by atoms with van der Waals surface area (Å²) < 4.78 is 5.05. The van der Waals surface area contributed by atoms with Gasteiger partial charge >= 0.3 is 0 Å². The van der Waals surface area contributed by atoms with Gasteiger partial charge in [-0.05, 0) is 48.4 Å². The lowest BCUT2D eigenvalue weighted by atomic mass is 10.1. The Morgan fingerprint density at radius 2 is 1.96 bits per heavy atom. The minimum absolute atomic E-state index is 0.107. The molecule has 2 aromatic carbocycles. The van der Waals surface area contributed by atoms with E-state index in [-0.39, 0.29) is 11.6 Å². The molecule has 0 aliphatic heterocycles. The number of hydrogen-bond acceptors (Lipinski definition) is 4. The molecule has 24 heavy (non-hydrogen) atoms. The van der Waals surface area contributed by atoms with Crippen molar-refractivity contribution in [2.24, 2.45) is 10.2 Å². The summed E-state index contributed by atoms with van der Waals surface area (Å²) in [5, 5.41) is 18.4. The van der Waals surface area contributed by atoms with Crippen LogP contribution in [0.5, 0.6) is 11.6 Å². The number of nitrogens with zero attached hydrogens (tertiary/aromatic N) is 2.